The summed E-state index contributed by atoms with van der Waals surface area (Å²) in [6.07, 6.45) is 3.42. The number of piperidine rings is 1. The molecule has 0 radical (unpaired) electrons. The van der Waals surface area contributed by atoms with Gasteiger partial charge in [0.05, 0.1) is 12.5 Å². The minimum Gasteiger partial charge on any atom is -0.481 e. The predicted octanol–water partition coefficient (Wildman–Crippen LogP) is 2.04. The third kappa shape index (κ3) is 4.42. The van der Waals surface area contributed by atoms with Crippen LogP contribution in [0.4, 0.5) is 4.39 Å². The maximum absolute atomic E-state index is 12.7. The summed E-state index contributed by atoms with van der Waals surface area (Å²) in [7, 11) is 0. The van der Waals surface area contributed by atoms with Gasteiger partial charge in [0.25, 0.3) is 0 Å². The second-order valence-corrected chi connectivity index (χ2v) is 5.06. The Bertz CT molecular complexity index is 473. The molecule has 0 spiro atoms. The molecule has 1 aliphatic rings. The highest BCUT2D eigenvalue weighted by Gasteiger charge is 2.24. The van der Waals surface area contributed by atoms with Gasteiger partial charge in [-0.2, -0.15) is 0 Å². The highest BCUT2D eigenvalue weighted by Crippen LogP contribution is 2.16. The van der Waals surface area contributed by atoms with E-state index in [0.29, 0.717) is 13.1 Å². The number of aliphatic imine (C=N–C) groups is 1. The van der Waals surface area contributed by atoms with Crippen molar-refractivity contribution in [3.8, 4) is 0 Å². The molecule has 1 unspecified atom stereocenters. The Morgan fingerprint density at radius 1 is 1.45 bits per heavy atom. The summed E-state index contributed by atoms with van der Waals surface area (Å²) in [5.41, 5.74) is 0.869. The number of carboxylic acid groups (broad SMARTS) is 1. The molecule has 20 heavy (non-hydrogen) atoms. The molecule has 4 nitrogen and oxygen atoms in total. The first kappa shape index (κ1) is 14.7. The molecule has 0 amide bonds. The van der Waals surface area contributed by atoms with E-state index in [9.17, 15) is 9.18 Å². The molecule has 0 aliphatic carbocycles. The molecule has 108 valence electrons. The van der Waals surface area contributed by atoms with E-state index in [1.54, 1.807) is 18.3 Å². The minimum absolute atomic E-state index is 0.246. The number of carbonyl (C=O) groups is 1. The molecule has 1 aromatic carbocycles. The van der Waals surface area contributed by atoms with Crippen LogP contribution in [0.5, 0.6) is 0 Å². The Labute approximate surface area is 117 Å². The van der Waals surface area contributed by atoms with Crippen molar-refractivity contribution in [2.24, 2.45) is 10.9 Å². The number of aliphatic carboxylic acids is 1. The average Bonchev–Trinajstić information content (AvgIpc) is 2.46. The van der Waals surface area contributed by atoms with E-state index in [0.717, 1.165) is 31.5 Å². The van der Waals surface area contributed by atoms with Crippen LogP contribution in [-0.4, -0.2) is 48.4 Å². The van der Waals surface area contributed by atoms with Gasteiger partial charge in [-0.15, -0.1) is 0 Å². The van der Waals surface area contributed by atoms with E-state index in [1.165, 1.54) is 12.1 Å². The lowest BCUT2D eigenvalue weighted by Gasteiger charge is -2.29. The normalized spacial score (nSPS) is 20.4. The molecule has 0 bridgehead atoms. The molecule has 1 aliphatic heterocycles. The van der Waals surface area contributed by atoms with Gasteiger partial charge in [-0.25, -0.2) is 4.39 Å². The Hall–Kier alpha value is -1.75. The fourth-order valence-electron chi connectivity index (χ4n) is 2.38. The second kappa shape index (κ2) is 7.14. The van der Waals surface area contributed by atoms with Crippen molar-refractivity contribution in [3.63, 3.8) is 0 Å². The summed E-state index contributed by atoms with van der Waals surface area (Å²) >= 11 is 0. The lowest BCUT2D eigenvalue weighted by molar-refractivity contribution is -0.143. The fraction of sp³-hybridized carbons (Fsp3) is 0.467. The summed E-state index contributed by atoms with van der Waals surface area (Å²) in [6.45, 7) is 2.95. The lowest BCUT2D eigenvalue weighted by Crippen LogP contribution is -2.39. The zero-order valence-electron chi connectivity index (χ0n) is 11.3. The SMILES string of the molecule is O=C(O)C1CCCN(CCN=Cc2ccc(F)cc2)C1. The molecule has 1 fully saturated rings. The first-order chi connectivity index (χ1) is 9.65. The van der Waals surface area contributed by atoms with Gasteiger partial charge < -0.3 is 10.0 Å². The van der Waals surface area contributed by atoms with Gasteiger partial charge in [-0.05, 0) is 37.1 Å². The molecule has 0 aromatic heterocycles. The number of carboxylic acids is 1. The van der Waals surface area contributed by atoms with Gasteiger partial charge in [-0.3, -0.25) is 9.79 Å². The van der Waals surface area contributed by atoms with Crippen LogP contribution < -0.4 is 0 Å². The summed E-state index contributed by atoms with van der Waals surface area (Å²) in [5, 5.41) is 9.01. The van der Waals surface area contributed by atoms with Crippen LogP contribution >= 0.6 is 0 Å². The number of likely N-dealkylation sites (tertiary alicyclic amines) is 1. The highest BCUT2D eigenvalue weighted by atomic mass is 19.1. The van der Waals surface area contributed by atoms with Crippen LogP contribution in [0.1, 0.15) is 18.4 Å². The van der Waals surface area contributed by atoms with Gasteiger partial charge in [0.15, 0.2) is 0 Å². The molecule has 2 rings (SSSR count). The van der Waals surface area contributed by atoms with Crippen LogP contribution in [0.2, 0.25) is 0 Å². The van der Waals surface area contributed by atoms with Crippen molar-refractivity contribution < 1.29 is 14.3 Å². The zero-order valence-corrected chi connectivity index (χ0v) is 11.3. The number of hydrogen-bond donors (Lipinski definition) is 1. The summed E-state index contributed by atoms with van der Waals surface area (Å²) < 4.78 is 12.7. The van der Waals surface area contributed by atoms with E-state index in [2.05, 4.69) is 9.89 Å². The first-order valence-electron chi connectivity index (χ1n) is 6.86. The molecule has 1 heterocycles. The molecular weight excluding hydrogens is 259 g/mol. The molecule has 1 atom stereocenters. The van der Waals surface area contributed by atoms with Crippen molar-refractivity contribution in [3.05, 3.63) is 35.6 Å². The third-order valence-corrected chi connectivity index (χ3v) is 3.51. The Kier molecular flexibility index (Phi) is 5.24. The van der Waals surface area contributed by atoms with E-state index in [1.807, 2.05) is 0 Å². The summed E-state index contributed by atoms with van der Waals surface area (Å²) in [6, 6.07) is 6.17. The van der Waals surface area contributed by atoms with E-state index in [-0.39, 0.29) is 11.7 Å². The smallest absolute Gasteiger partial charge is 0.307 e. The average molecular weight is 278 g/mol. The van der Waals surface area contributed by atoms with Crippen molar-refractivity contribution in [2.75, 3.05) is 26.2 Å². The number of nitrogens with zero attached hydrogens (tertiary/aromatic N) is 2. The first-order valence-corrected chi connectivity index (χ1v) is 6.86. The standard InChI is InChI=1S/C15H19FN2O2/c16-14-5-3-12(4-6-14)10-17-7-9-18-8-1-2-13(11-18)15(19)20/h3-6,10,13H,1-2,7-9,11H2,(H,19,20). The maximum atomic E-state index is 12.7. The number of rotatable bonds is 5. The number of hydrogen-bond acceptors (Lipinski definition) is 3. The minimum atomic E-state index is -0.704. The van der Waals surface area contributed by atoms with E-state index >= 15 is 0 Å². The zero-order chi connectivity index (χ0) is 14.4. The quantitative estimate of drug-likeness (QED) is 0.839. The molecular formula is C15H19FN2O2. The fourth-order valence-corrected chi connectivity index (χ4v) is 2.38. The lowest BCUT2D eigenvalue weighted by atomic mass is 9.98. The molecule has 0 saturated carbocycles. The van der Waals surface area contributed by atoms with Gasteiger partial charge in [-0.1, -0.05) is 12.1 Å². The predicted molar refractivity (Wildman–Crippen MR) is 75.7 cm³/mol. The van der Waals surface area contributed by atoms with Crippen LogP contribution in [0.3, 0.4) is 0 Å². The van der Waals surface area contributed by atoms with Crippen molar-refractivity contribution in [1.29, 1.82) is 0 Å². The Balaban J connectivity index is 1.75. The van der Waals surface area contributed by atoms with Crippen molar-refractivity contribution >= 4 is 12.2 Å². The Morgan fingerprint density at radius 3 is 2.90 bits per heavy atom. The maximum Gasteiger partial charge on any atom is 0.307 e. The molecule has 1 aromatic rings. The largest absolute Gasteiger partial charge is 0.481 e. The van der Waals surface area contributed by atoms with E-state index < -0.39 is 5.97 Å². The van der Waals surface area contributed by atoms with Crippen LogP contribution in [0, 0.1) is 11.7 Å². The van der Waals surface area contributed by atoms with Crippen LogP contribution in [0.15, 0.2) is 29.3 Å². The number of benzene rings is 1. The molecule has 1 N–H and O–H groups in total. The van der Waals surface area contributed by atoms with Crippen molar-refractivity contribution in [2.45, 2.75) is 12.8 Å². The molecule has 1 saturated heterocycles. The molecule has 5 heteroatoms. The van der Waals surface area contributed by atoms with Crippen LogP contribution in [0.25, 0.3) is 0 Å². The van der Waals surface area contributed by atoms with Gasteiger partial charge in [0.2, 0.25) is 0 Å². The van der Waals surface area contributed by atoms with Gasteiger partial charge in [0.1, 0.15) is 5.82 Å². The van der Waals surface area contributed by atoms with Gasteiger partial charge in [0, 0.05) is 19.3 Å². The van der Waals surface area contributed by atoms with E-state index in [4.69, 9.17) is 5.11 Å². The summed E-state index contributed by atoms with van der Waals surface area (Å²) in [5.74, 6) is -1.20. The monoisotopic (exact) mass is 278 g/mol. The topological polar surface area (TPSA) is 52.9 Å². The van der Waals surface area contributed by atoms with Crippen LogP contribution in [-0.2, 0) is 4.79 Å². The number of halogens is 1. The Morgan fingerprint density at radius 2 is 2.20 bits per heavy atom. The highest BCUT2D eigenvalue weighted by molar-refractivity contribution is 5.79. The van der Waals surface area contributed by atoms with Crippen molar-refractivity contribution in [1.82, 2.24) is 4.90 Å². The summed E-state index contributed by atoms with van der Waals surface area (Å²) in [4.78, 5) is 17.4. The second-order valence-electron chi connectivity index (χ2n) is 5.06. The third-order valence-electron chi connectivity index (χ3n) is 3.51. The van der Waals surface area contributed by atoms with Gasteiger partial charge >= 0.3 is 5.97 Å².